The van der Waals surface area contributed by atoms with Crippen LogP contribution in [0.4, 0.5) is 0 Å². The van der Waals surface area contributed by atoms with Crippen molar-refractivity contribution in [1.29, 1.82) is 0 Å². The molecule has 0 radical (unpaired) electrons. The van der Waals surface area contributed by atoms with Crippen LogP contribution < -0.4 is 4.74 Å². The lowest BCUT2D eigenvalue weighted by Gasteiger charge is -2.58. The van der Waals surface area contributed by atoms with Crippen molar-refractivity contribution >= 4 is 11.8 Å². The molecule has 2 aromatic carbocycles. The van der Waals surface area contributed by atoms with Crippen molar-refractivity contribution in [3.63, 3.8) is 0 Å². The topological polar surface area (TPSA) is 121 Å². The summed E-state index contributed by atoms with van der Waals surface area (Å²) in [6.45, 7) is 10.1. The highest BCUT2D eigenvalue weighted by Crippen LogP contribution is 2.66. The number of phenols is 1. The zero-order chi connectivity index (χ0) is 33.6. The van der Waals surface area contributed by atoms with Gasteiger partial charge in [-0.2, -0.15) is 0 Å². The van der Waals surface area contributed by atoms with Crippen molar-refractivity contribution in [3.8, 4) is 11.5 Å². The number of esters is 1. The van der Waals surface area contributed by atoms with Gasteiger partial charge in [0.15, 0.2) is 17.3 Å². The molecule has 0 spiro atoms. The molecule has 3 fully saturated rings. The predicted molar refractivity (Wildman–Crippen MR) is 173 cm³/mol. The van der Waals surface area contributed by atoms with Crippen LogP contribution in [-0.2, 0) is 41.4 Å². The second-order valence-electron chi connectivity index (χ2n) is 13.5. The fourth-order valence-corrected chi connectivity index (χ4v) is 8.13. The first-order valence-corrected chi connectivity index (χ1v) is 16.3. The Labute approximate surface area is 275 Å². The average Bonchev–Trinajstić information content (AvgIpc) is 3.48. The van der Waals surface area contributed by atoms with E-state index in [9.17, 15) is 19.8 Å². The molecular formula is C38H44O9. The first-order valence-electron chi connectivity index (χ1n) is 16.3. The lowest BCUT2D eigenvalue weighted by atomic mass is 9.55. The zero-order valence-corrected chi connectivity index (χ0v) is 27.5. The average molecular weight is 645 g/mol. The van der Waals surface area contributed by atoms with Crippen LogP contribution in [0.15, 0.2) is 84.0 Å². The highest BCUT2D eigenvalue weighted by molar-refractivity contribution is 5.97. The predicted octanol–water partition coefficient (Wildman–Crippen LogP) is 5.38. The van der Waals surface area contributed by atoms with E-state index in [1.807, 2.05) is 56.3 Å². The molecule has 2 saturated heterocycles. The Balaban J connectivity index is 1.36. The maximum Gasteiger partial charge on any atom is 0.310 e. The van der Waals surface area contributed by atoms with Crippen LogP contribution in [0.2, 0.25) is 0 Å². The van der Waals surface area contributed by atoms with Gasteiger partial charge >= 0.3 is 5.97 Å². The fraction of sp³-hybridized carbons (Fsp3) is 0.474. The molecule has 0 amide bonds. The van der Waals surface area contributed by atoms with E-state index < -0.39 is 35.2 Å². The lowest BCUT2D eigenvalue weighted by molar-refractivity contribution is -0.418. The molecule has 47 heavy (non-hydrogen) atoms. The largest absolute Gasteiger partial charge is 0.504 e. The Morgan fingerprint density at radius 2 is 1.91 bits per heavy atom. The highest BCUT2D eigenvalue weighted by Gasteiger charge is 2.76. The normalized spacial score (nSPS) is 32.7. The van der Waals surface area contributed by atoms with Gasteiger partial charge in [0.1, 0.15) is 18.3 Å². The third kappa shape index (κ3) is 5.84. The molecule has 3 bridgehead atoms. The molecule has 0 unspecified atom stereocenters. The maximum absolute atomic E-state index is 13.0. The van der Waals surface area contributed by atoms with Crippen molar-refractivity contribution in [2.24, 2.45) is 17.8 Å². The second-order valence-corrected chi connectivity index (χ2v) is 13.5. The first kappa shape index (κ1) is 33.2. The minimum atomic E-state index is -1.39. The molecule has 2 heterocycles. The third-order valence-electron chi connectivity index (χ3n) is 10.4. The summed E-state index contributed by atoms with van der Waals surface area (Å²) >= 11 is 0. The van der Waals surface area contributed by atoms with Gasteiger partial charge in [-0.1, -0.05) is 62.1 Å². The van der Waals surface area contributed by atoms with Gasteiger partial charge in [-0.25, -0.2) is 0 Å². The molecule has 0 aromatic heterocycles. The van der Waals surface area contributed by atoms with E-state index >= 15 is 0 Å². The number of Topliss-reactive ketones (excluding diaryl/α,β-unsaturated/α-hetero) is 1. The van der Waals surface area contributed by atoms with E-state index in [1.54, 1.807) is 12.1 Å². The van der Waals surface area contributed by atoms with Crippen molar-refractivity contribution in [3.05, 3.63) is 95.1 Å². The number of ketones is 1. The number of hydrogen-bond donors (Lipinski definition) is 2. The summed E-state index contributed by atoms with van der Waals surface area (Å²) in [4.78, 5) is 26.0. The number of fused-ring (bicyclic) bond motifs is 2. The van der Waals surface area contributed by atoms with Gasteiger partial charge in [0.25, 0.3) is 5.97 Å². The molecular weight excluding hydrogens is 600 g/mol. The number of carbonyl (C=O) groups excluding carboxylic acids is 2. The number of ether oxygens (including phenoxy) is 5. The van der Waals surface area contributed by atoms with Crippen LogP contribution in [0.3, 0.4) is 0 Å². The van der Waals surface area contributed by atoms with Crippen molar-refractivity contribution in [2.75, 3.05) is 20.3 Å². The van der Waals surface area contributed by atoms with Gasteiger partial charge in [-0.3, -0.25) is 9.59 Å². The molecule has 1 saturated carbocycles. The second kappa shape index (κ2) is 12.7. The molecule has 9 heteroatoms. The summed E-state index contributed by atoms with van der Waals surface area (Å²) in [5.74, 6) is -2.22. The summed E-state index contributed by atoms with van der Waals surface area (Å²) in [6, 6.07) is 14.6. The van der Waals surface area contributed by atoms with Gasteiger partial charge in [0, 0.05) is 24.9 Å². The van der Waals surface area contributed by atoms with E-state index in [0.717, 1.165) is 11.1 Å². The summed E-state index contributed by atoms with van der Waals surface area (Å²) in [6.07, 6.45) is 5.09. The number of phenolic OH excluding ortho intramolecular Hbond substituents is 1. The van der Waals surface area contributed by atoms with Crippen molar-refractivity contribution in [2.45, 2.75) is 76.2 Å². The molecule has 2 aromatic rings. The Morgan fingerprint density at radius 1 is 1.15 bits per heavy atom. The number of hydrogen-bond acceptors (Lipinski definition) is 9. The number of aliphatic hydroxyl groups is 1. The number of benzene rings is 2. The van der Waals surface area contributed by atoms with Gasteiger partial charge in [0.2, 0.25) is 0 Å². The van der Waals surface area contributed by atoms with Crippen molar-refractivity contribution < 1.29 is 43.5 Å². The third-order valence-corrected chi connectivity index (χ3v) is 10.4. The minimum absolute atomic E-state index is 0.0163. The Kier molecular flexibility index (Phi) is 8.95. The number of allylic oxidation sites excluding steroid dienone is 1. The van der Waals surface area contributed by atoms with E-state index in [4.69, 9.17) is 23.7 Å². The number of methoxy groups -OCH3 is 1. The summed E-state index contributed by atoms with van der Waals surface area (Å²) < 4.78 is 31.9. The number of aliphatic hydroxyl groups excluding tert-OH is 1. The molecule has 2 N–H and O–H groups in total. The van der Waals surface area contributed by atoms with Gasteiger partial charge in [-0.15, -0.1) is 0 Å². The molecule has 6 rings (SSSR count). The van der Waals surface area contributed by atoms with Gasteiger partial charge < -0.3 is 33.9 Å². The van der Waals surface area contributed by atoms with Gasteiger partial charge in [-0.05, 0) is 72.6 Å². The minimum Gasteiger partial charge on any atom is -0.504 e. The zero-order valence-electron chi connectivity index (χ0n) is 27.5. The fourth-order valence-electron chi connectivity index (χ4n) is 8.13. The van der Waals surface area contributed by atoms with Crippen LogP contribution in [-0.4, -0.2) is 65.6 Å². The molecule has 7 atom stereocenters. The van der Waals surface area contributed by atoms with Gasteiger partial charge in [0.05, 0.1) is 25.6 Å². The number of rotatable bonds is 12. The number of carbonyl (C=O) groups is 2. The molecule has 4 aliphatic rings. The van der Waals surface area contributed by atoms with E-state index in [-0.39, 0.29) is 55.2 Å². The molecule has 2 aliphatic heterocycles. The van der Waals surface area contributed by atoms with Crippen LogP contribution in [0.5, 0.6) is 11.5 Å². The lowest BCUT2D eigenvalue weighted by Crippen LogP contribution is -2.68. The molecule has 250 valence electrons. The van der Waals surface area contributed by atoms with Crippen LogP contribution >= 0.6 is 0 Å². The Hall–Kier alpha value is -3.76. The Morgan fingerprint density at radius 3 is 2.57 bits per heavy atom. The van der Waals surface area contributed by atoms with E-state index in [1.165, 1.54) is 13.2 Å². The van der Waals surface area contributed by atoms with Crippen LogP contribution in [0.25, 0.3) is 0 Å². The van der Waals surface area contributed by atoms with E-state index in [0.29, 0.717) is 36.0 Å². The summed E-state index contributed by atoms with van der Waals surface area (Å²) in [5, 5.41) is 20.0. The quantitative estimate of drug-likeness (QED) is 0.232. The summed E-state index contributed by atoms with van der Waals surface area (Å²) in [5.41, 5.74) is 2.15. The molecule has 9 nitrogen and oxygen atoms in total. The number of aromatic hydroxyl groups is 1. The summed E-state index contributed by atoms with van der Waals surface area (Å²) in [7, 11) is 1.44. The molecule has 2 aliphatic carbocycles. The SMILES string of the molecule is C=C(C)[C@]12C[C@@H](C)[C@@]3([C@@H]4C=C(C)C(=O)C4)O[C@](Cc4ccccc4)(O[C@@H]1[C@@H]3/C=C(\CCO)COC(=O)Cc1ccc(O)c(OC)c1)O2. The smallest absolute Gasteiger partial charge is 0.310 e. The highest BCUT2D eigenvalue weighted by atomic mass is 16.9. The monoisotopic (exact) mass is 644 g/mol. The Bertz CT molecular complexity index is 1610. The van der Waals surface area contributed by atoms with Crippen LogP contribution in [0.1, 0.15) is 51.2 Å². The first-order chi connectivity index (χ1) is 22.4. The van der Waals surface area contributed by atoms with E-state index in [2.05, 4.69) is 13.5 Å². The standard InChI is InChI=1S/C38H44O9/c1-23(2)36-20-25(4)38(29-15-24(3)32(41)19-29)30(35(36)45-37(46-36,47-38)21-26-9-7-6-8-10-26)16-28(13-14-39)22-44-34(42)18-27-11-12-31(40)33(17-27)43-5/h6-12,15-17,25,29-30,35,39-40H,1,13-14,18-22H2,2-5H3/b28-16+/t25-,29-,30+,35-,36-,37-,38+/m1/s1. The maximum atomic E-state index is 13.0. The van der Waals surface area contributed by atoms with Crippen molar-refractivity contribution in [1.82, 2.24) is 0 Å². The van der Waals surface area contributed by atoms with Crippen LogP contribution in [0, 0.1) is 17.8 Å².